The molecule has 0 bridgehead atoms. The number of aromatic nitrogens is 4. The van der Waals surface area contributed by atoms with E-state index in [4.69, 9.17) is 15.6 Å². The van der Waals surface area contributed by atoms with Gasteiger partial charge in [-0.25, -0.2) is 19.0 Å². The lowest BCUT2D eigenvalue weighted by atomic mass is 10.1. The molecule has 0 unspecified atom stereocenters. The Morgan fingerprint density at radius 2 is 1.92 bits per heavy atom. The van der Waals surface area contributed by atoms with Crippen molar-refractivity contribution >= 4 is 22.8 Å². The van der Waals surface area contributed by atoms with Gasteiger partial charge in [0.2, 0.25) is 0 Å². The summed E-state index contributed by atoms with van der Waals surface area (Å²) in [6, 6.07) is 11.8. The van der Waals surface area contributed by atoms with Gasteiger partial charge in [-0.3, -0.25) is 4.79 Å². The number of anilines is 1. The predicted molar refractivity (Wildman–Crippen MR) is 135 cm³/mol. The standard InChI is InChI=1S/C26H28FN7O2/c1-33-11-9-19(10-12-33)34-25-22(24(28)30-15-31-25)23(32-34)17-5-3-16(4-6-17)14-29-26(35)20-13-18(27)7-8-21(20)36-2/h3-8,13,15,19H,9-12,14H2,1-2H3,(H,29,35)(H2,28,30,31). The summed E-state index contributed by atoms with van der Waals surface area (Å²) in [6.45, 7) is 2.28. The lowest BCUT2D eigenvalue weighted by molar-refractivity contribution is 0.0947. The van der Waals surface area contributed by atoms with Gasteiger partial charge < -0.3 is 20.7 Å². The third kappa shape index (κ3) is 4.59. The maximum Gasteiger partial charge on any atom is 0.255 e. The molecular formula is C26H28FN7O2. The number of hydrogen-bond acceptors (Lipinski definition) is 7. The van der Waals surface area contributed by atoms with Crippen molar-refractivity contribution in [2.45, 2.75) is 25.4 Å². The summed E-state index contributed by atoms with van der Waals surface area (Å²) in [4.78, 5) is 23.6. The lowest BCUT2D eigenvalue weighted by Gasteiger charge is -2.29. The van der Waals surface area contributed by atoms with E-state index in [1.807, 2.05) is 28.9 Å². The fourth-order valence-electron chi connectivity index (χ4n) is 4.61. The number of ether oxygens (including phenoxy) is 1. The highest BCUT2D eigenvalue weighted by molar-refractivity contribution is 5.98. The molecule has 5 rings (SSSR count). The van der Waals surface area contributed by atoms with Crippen molar-refractivity contribution in [1.29, 1.82) is 0 Å². The number of halogens is 1. The summed E-state index contributed by atoms with van der Waals surface area (Å²) >= 11 is 0. The Morgan fingerprint density at radius 3 is 2.64 bits per heavy atom. The smallest absolute Gasteiger partial charge is 0.255 e. The minimum atomic E-state index is -0.500. The number of nitrogen functional groups attached to an aromatic ring is 1. The first kappa shape index (κ1) is 23.7. The molecule has 1 aliphatic heterocycles. The van der Waals surface area contributed by atoms with E-state index in [9.17, 15) is 9.18 Å². The number of rotatable bonds is 6. The molecule has 2 aromatic carbocycles. The summed E-state index contributed by atoms with van der Waals surface area (Å²) in [5.74, 6) is -0.200. The van der Waals surface area contributed by atoms with Crippen molar-refractivity contribution < 1.29 is 13.9 Å². The van der Waals surface area contributed by atoms with Crippen molar-refractivity contribution in [2.24, 2.45) is 0 Å². The molecule has 0 aliphatic carbocycles. The van der Waals surface area contributed by atoms with Gasteiger partial charge in [0.05, 0.1) is 24.1 Å². The Hall–Kier alpha value is -4.05. The van der Waals surface area contributed by atoms with Crippen LogP contribution in [0.5, 0.6) is 5.75 Å². The number of fused-ring (bicyclic) bond motifs is 1. The maximum absolute atomic E-state index is 13.6. The van der Waals surface area contributed by atoms with Gasteiger partial charge in [0.25, 0.3) is 5.91 Å². The fourth-order valence-corrected chi connectivity index (χ4v) is 4.61. The van der Waals surface area contributed by atoms with Gasteiger partial charge in [-0.15, -0.1) is 0 Å². The average Bonchev–Trinajstić information content (AvgIpc) is 3.29. The third-order valence-electron chi connectivity index (χ3n) is 6.64. The van der Waals surface area contributed by atoms with E-state index in [2.05, 4.69) is 27.2 Å². The van der Waals surface area contributed by atoms with Crippen LogP contribution in [0.25, 0.3) is 22.3 Å². The van der Waals surface area contributed by atoms with Gasteiger partial charge in [0.15, 0.2) is 5.65 Å². The largest absolute Gasteiger partial charge is 0.496 e. The Bertz CT molecular complexity index is 1400. The van der Waals surface area contributed by atoms with Crippen LogP contribution < -0.4 is 15.8 Å². The van der Waals surface area contributed by atoms with Crippen molar-refractivity contribution in [3.8, 4) is 17.0 Å². The number of amides is 1. The molecule has 10 heteroatoms. The van der Waals surface area contributed by atoms with Gasteiger partial charge in [-0.2, -0.15) is 5.10 Å². The van der Waals surface area contributed by atoms with Crippen LogP contribution >= 0.6 is 0 Å². The molecule has 0 spiro atoms. The number of benzene rings is 2. The molecule has 2 aromatic heterocycles. The summed E-state index contributed by atoms with van der Waals surface area (Å²) < 4.78 is 20.8. The predicted octanol–water partition coefficient (Wildman–Crippen LogP) is 3.42. The lowest BCUT2D eigenvalue weighted by Crippen LogP contribution is -2.31. The number of hydrogen-bond donors (Lipinski definition) is 2. The number of carbonyl (C=O) groups excluding carboxylic acids is 1. The molecule has 1 fully saturated rings. The van der Waals surface area contributed by atoms with Crippen molar-refractivity contribution in [2.75, 3.05) is 33.0 Å². The molecule has 186 valence electrons. The number of piperidine rings is 1. The van der Waals surface area contributed by atoms with Gasteiger partial charge in [0.1, 0.15) is 29.4 Å². The summed E-state index contributed by atoms with van der Waals surface area (Å²) in [7, 11) is 3.57. The fraction of sp³-hybridized carbons (Fsp3) is 0.308. The van der Waals surface area contributed by atoms with Crippen LogP contribution in [0.2, 0.25) is 0 Å². The molecular weight excluding hydrogens is 461 g/mol. The minimum absolute atomic E-state index is 0.149. The van der Waals surface area contributed by atoms with Gasteiger partial charge in [-0.05, 0) is 56.7 Å². The number of nitrogens with zero attached hydrogens (tertiary/aromatic N) is 5. The topological polar surface area (TPSA) is 111 Å². The highest BCUT2D eigenvalue weighted by atomic mass is 19.1. The minimum Gasteiger partial charge on any atom is -0.496 e. The molecule has 1 saturated heterocycles. The van der Waals surface area contributed by atoms with Crippen molar-refractivity contribution in [1.82, 2.24) is 30.0 Å². The van der Waals surface area contributed by atoms with Crippen LogP contribution in [0.3, 0.4) is 0 Å². The quantitative estimate of drug-likeness (QED) is 0.427. The first-order valence-corrected chi connectivity index (χ1v) is 11.8. The molecule has 0 atom stereocenters. The molecule has 9 nitrogen and oxygen atoms in total. The Kier molecular flexibility index (Phi) is 6.51. The second-order valence-electron chi connectivity index (χ2n) is 9.01. The zero-order chi connectivity index (χ0) is 25.2. The zero-order valence-corrected chi connectivity index (χ0v) is 20.2. The van der Waals surface area contributed by atoms with E-state index >= 15 is 0 Å². The average molecular weight is 490 g/mol. The molecule has 0 saturated carbocycles. The molecule has 0 radical (unpaired) electrons. The maximum atomic E-state index is 13.6. The summed E-state index contributed by atoms with van der Waals surface area (Å²) in [6.07, 6.45) is 3.46. The number of nitrogens with one attached hydrogen (secondary N) is 1. The molecule has 3 N–H and O–H groups in total. The normalized spacial score (nSPS) is 14.8. The van der Waals surface area contributed by atoms with Crippen LogP contribution in [0.4, 0.5) is 10.2 Å². The molecule has 36 heavy (non-hydrogen) atoms. The molecule has 1 aliphatic rings. The van der Waals surface area contributed by atoms with Crippen LogP contribution in [-0.4, -0.2) is 57.8 Å². The second kappa shape index (κ2) is 9.90. The molecule has 3 heterocycles. The number of carbonyl (C=O) groups is 1. The second-order valence-corrected chi connectivity index (χ2v) is 9.01. The molecule has 1 amide bonds. The monoisotopic (exact) mass is 489 g/mol. The zero-order valence-electron chi connectivity index (χ0n) is 20.2. The first-order chi connectivity index (χ1) is 17.4. The van der Waals surface area contributed by atoms with Gasteiger partial charge >= 0.3 is 0 Å². The van der Waals surface area contributed by atoms with Crippen LogP contribution in [0.1, 0.15) is 34.8 Å². The Labute approximate surface area is 208 Å². The summed E-state index contributed by atoms with van der Waals surface area (Å²) in [5, 5.41) is 8.50. The SMILES string of the molecule is COc1ccc(F)cc1C(=O)NCc1ccc(-c2nn(C3CCN(C)CC3)c3ncnc(N)c23)cc1. The van der Waals surface area contributed by atoms with Gasteiger partial charge in [-0.1, -0.05) is 24.3 Å². The first-order valence-electron chi connectivity index (χ1n) is 11.8. The van der Waals surface area contributed by atoms with Crippen molar-refractivity contribution in [3.63, 3.8) is 0 Å². The summed E-state index contributed by atoms with van der Waals surface area (Å²) in [5.41, 5.74) is 9.66. The van der Waals surface area contributed by atoms with Crippen LogP contribution in [-0.2, 0) is 6.54 Å². The van der Waals surface area contributed by atoms with E-state index in [-0.39, 0.29) is 18.2 Å². The Morgan fingerprint density at radius 1 is 1.17 bits per heavy atom. The van der Waals surface area contributed by atoms with E-state index in [0.29, 0.717) is 11.6 Å². The van der Waals surface area contributed by atoms with Crippen LogP contribution in [0.15, 0.2) is 48.8 Å². The number of likely N-dealkylation sites (tertiary alicyclic amines) is 1. The number of methoxy groups -OCH3 is 1. The van der Waals surface area contributed by atoms with Crippen molar-refractivity contribution in [3.05, 3.63) is 65.7 Å². The van der Waals surface area contributed by atoms with E-state index in [1.165, 1.54) is 25.6 Å². The van der Waals surface area contributed by atoms with Gasteiger partial charge in [0, 0.05) is 12.1 Å². The number of nitrogens with two attached hydrogens (primary N) is 1. The van der Waals surface area contributed by atoms with Crippen LogP contribution in [0, 0.1) is 5.82 Å². The van der Waals surface area contributed by atoms with E-state index in [0.717, 1.165) is 59.9 Å². The highest BCUT2D eigenvalue weighted by Crippen LogP contribution is 2.34. The highest BCUT2D eigenvalue weighted by Gasteiger charge is 2.25. The molecule has 4 aromatic rings. The van der Waals surface area contributed by atoms with E-state index in [1.54, 1.807) is 0 Å². The van der Waals surface area contributed by atoms with E-state index < -0.39 is 11.7 Å². The Balaban J connectivity index is 1.37. The third-order valence-corrected chi connectivity index (χ3v) is 6.64.